The number of rotatable bonds is 2. The van der Waals surface area contributed by atoms with E-state index in [-0.39, 0.29) is 0 Å². The molecule has 0 amide bonds. The second-order valence-corrected chi connectivity index (χ2v) is 4.23. The summed E-state index contributed by atoms with van der Waals surface area (Å²) in [6.07, 6.45) is 4.97. The number of benzene rings is 1. The van der Waals surface area contributed by atoms with Crippen molar-refractivity contribution < 1.29 is 9.26 Å². The Bertz CT molecular complexity index is 561. The fraction of sp³-hybridized carbons (Fsp3) is 0.308. The number of fused-ring (bicyclic) bond motifs is 1. The summed E-state index contributed by atoms with van der Waals surface area (Å²) in [5, 5.41) is 3.73. The number of anilines is 1. The predicted molar refractivity (Wildman–Crippen MR) is 64.9 cm³/mol. The van der Waals surface area contributed by atoms with E-state index in [1.165, 1.54) is 11.1 Å². The van der Waals surface area contributed by atoms with Gasteiger partial charge in [0.25, 0.3) is 0 Å². The monoisotopic (exact) mass is 230 g/mol. The van der Waals surface area contributed by atoms with Crippen LogP contribution in [0.1, 0.15) is 17.5 Å². The van der Waals surface area contributed by atoms with Crippen LogP contribution in [-0.4, -0.2) is 12.3 Å². The Labute approximate surface area is 99.4 Å². The first-order chi connectivity index (χ1) is 8.31. The molecular weight excluding hydrogens is 216 g/mol. The maximum absolute atomic E-state index is 5.78. The van der Waals surface area contributed by atoms with Crippen molar-refractivity contribution >= 4 is 5.88 Å². The first-order valence-corrected chi connectivity index (χ1v) is 5.70. The van der Waals surface area contributed by atoms with Crippen molar-refractivity contribution in [3.8, 4) is 16.9 Å². The Balaban J connectivity index is 2.20. The van der Waals surface area contributed by atoms with Gasteiger partial charge in [0.2, 0.25) is 5.88 Å². The summed E-state index contributed by atoms with van der Waals surface area (Å²) in [6.45, 7) is 0. The molecule has 2 N–H and O–H groups in total. The van der Waals surface area contributed by atoms with Crippen molar-refractivity contribution in [2.75, 3.05) is 12.8 Å². The second kappa shape index (κ2) is 3.80. The summed E-state index contributed by atoms with van der Waals surface area (Å²) >= 11 is 0. The molecule has 1 aliphatic carbocycles. The van der Waals surface area contributed by atoms with E-state index in [9.17, 15) is 0 Å². The van der Waals surface area contributed by atoms with E-state index in [2.05, 4.69) is 5.16 Å². The molecule has 0 aliphatic heterocycles. The van der Waals surface area contributed by atoms with Gasteiger partial charge in [0.05, 0.1) is 18.9 Å². The molecule has 88 valence electrons. The Morgan fingerprint density at radius 1 is 1.24 bits per heavy atom. The molecule has 0 saturated carbocycles. The predicted octanol–water partition coefficient (Wildman–Crippen LogP) is 2.42. The molecule has 4 heteroatoms. The van der Waals surface area contributed by atoms with Gasteiger partial charge >= 0.3 is 0 Å². The third-order valence-corrected chi connectivity index (χ3v) is 3.35. The standard InChI is InChI=1S/C13H14N2O2/c1-16-12-6-5-9(8-3-2-4-10(8)12)11-7-15-17-13(11)14/h5-7H,2-4,14H2,1H3. The van der Waals surface area contributed by atoms with Gasteiger partial charge in [0.15, 0.2) is 0 Å². The minimum absolute atomic E-state index is 0.379. The highest BCUT2D eigenvalue weighted by Crippen LogP contribution is 2.39. The van der Waals surface area contributed by atoms with Crippen LogP contribution in [-0.2, 0) is 12.8 Å². The summed E-state index contributed by atoms with van der Waals surface area (Å²) in [5.41, 5.74) is 10.4. The molecule has 0 radical (unpaired) electrons. The van der Waals surface area contributed by atoms with Crippen molar-refractivity contribution in [3.05, 3.63) is 29.5 Å². The van der Waals surface area contributed by atoms with Gasteiger partial charge in [0, 0.05) is 0 Å². The SMILES string of the molecule is COc1ccc(-c2cnoc2N)c2c1CCC2. The average molecular weight is 230 g/mol. The fourth-order valence-corrected chi connectivity index (χ4v) is 2.57. The highest BCUT2D eigenvalue weighted by Gasteiger charge is 2.21. The van der Waals surface area contributed by atoms with Crippen LogP contribution in [0.2, 0.25) is 0 Å². The first kappa shape index (κ1) is 10.2. The van der Waals surface area contributed by atoms with Gasteiger partial charge in [-0.05, 0) is 42.0 Å². The molecule has 3 rings (SSSR count). The quantitative estimate of drug-likeness (QED) is 0.860. The van der Waals surface area contributed by atoms with Crippen molar-refractivity contribution in [2.24, 2.45) is 0 Å². The van der Waals surface area contributed by atoms with Gasteiger partial charge < -0.3 is 15.0 Å². The molecule has 0 atom stereocenters. The molecule has 1 aromatic carbocycles. The van der Waals surface area contributed by atoms with E-state index in [1.807, 2.05) is 12.1 Å². The fourth-order valence-electron chi connectivity index (χ4n) is 2.57. The van der Waals surface area contributed by atoms with Gasteiger partial charge in [-0.2, -0.15) is 0 Å². The zero-order chi connectivity index (χ0) is 11.8. The molecule has 0 unspecified atom stereocenters. The topological polar surface area (TPSA) is 61.3 Å². The minimum atomic E-state index is 0.379. The Kier molecular flexibility index (Phi) is 2.28. The maximum Gasteiger partial charge on any atom is 0.229 e. The lowest BCUT2D eigenvalue weighted by Gasteiger charge is -2.11. The number of aromatic nitrogens is 1. The molecule has 4 nitrogen and oxygen atoms in total. The van der Waals surface area contributed by atoms with Crippen molar-refractivity contribution in [1.82, 2.24) is 5.16 Å². The molecule has 17 heavy (non-hydrogen) atoms. The number of ether oxygens (including phenoxy) is 1. The van der Waals surface area contributed by atoms with Crippen LogP contribution in [0.4, 0.5) is 5.88 Å². The Morgan fingerprint density at radius 2 is 2.06 bits per heavy atom. The van der Waals surface area contributed by atoms with Crippen molar-refractivity contribution in [3.63, 3.8) is 0 Å². The lowest BCUT2D eigenvalue weighted by atomic mass is 9.98. The molecule has 0 bridgehead atoms. The van der Waals surface area contributed by atoms with Gasteiger partial charge in [-0.15, -0.1) is 0 Å². The third kappa shape index (κ3) is 1.48. The zero-order valence-corrected chi connectivity index (χ0v) is 9.69. The maximum atomic E-state index is 5.78. The van der Waals surface area contributed by atoms with Crippen LogP contribution < -0.4 is 10.5 Å². The van der Waals surface area contributed by atoms with Crippen LogP contribution >= 0.6 is 0 Å². The van der Waals surface area contributed by atoms with Crippen LogP contribution in [0, 0.1) is 0 Å². The molecule has 1 aliphatic rings. The van der Waals surface area contributed by atoms with Gasteiger partial charge in [-0.3, -0.25) is 0 Å². The number of hydrogen-bond donors (Lipinski definition) is 1. The third-order valence-electron chi connectivity index (χ3n) is 3.35. The summed E-state index contributed by atoms with van der Waals surface area (Å²) in [5.74, 6) is 1.35. The smallest absolute Gasteiger partial charge is 0.229 e. The van der Waals surface area contributed by atoms with E-state index in [0.29, 0.717) is 5.88 Å². The molecule has 1 heterocycles. The largest absolute Gasteiger partial charge is 0.496 e. The van der Waals surface area contributed by atoms with Crippen molar-refractivity contribution in [2.45, 2.75) is 19.3 Å². The number of nitrogen functional groups attached to an aromatic ring is 1. The minimum Gasteiger partial charge on any atom is -0.496 e. The number of methoxy groups -OCH3 is 1. The lowest BCUT2D eigenvalue weighted by molar-refractivity contribution is 0.410. The zero-order valence-electron chi connectivity index (χ0n) is 9.69. The van der Waals surface area contributed by atoms with E-state index < -0.39 is 0 Å². The Hall–Kier alpha value is -1.97. The summed E-state index contributed by atoms with van der Waals surface area (Å²) < 4.78 is 10.3. The number of nitrogens with zero attached hydrogens (tertiary/aromatic N) is 1. The summed E-state index contributed by atoms with van der Waals surface area (Å²) in [7, 11) is 1.71. The van der Waals surface area contributed by atoms with Crippen LogP contribution in [0.15, 0.2) is 22.9 Å². The Morgan fingerprint density at radius 3 is 2.76 bits per heavy atom. The number of nitrogens with two attached hydrogens (primary N) is 1. The van der Waals surface area contributed by atoms with Crippen LogP contribution in [0.3, 0.4) is 0 Å². The van der Waals surface area contributed by atoms with E-state index in [1.54, 1.807) is 13.3 Å². The van der Waals surface area contributed by atoms with Crippen LogP contribution in [0.25, 0.3) is 11.1 Å². The van der Waals surface area contributed by atoms with Gasteiger partial charge in [0.1, 0.15) is 5.75 Å². The number of hydrogen-bond acceptors (Lipinski definition) is 4. The molecular formula is C13H14N2O2. The lowest BCUT2D eigenvalue weighted by Crippen LogP contribution is -1.94. The summed E-state index contributed by atoms with van der Waals surface area (Å²) in [4.78, 5) is 0. The van der Waals surface area contributed by atoms with Crippen molar-refractivity contribution in [1.29, 1.82) is 0 Å². The van der Waals surface area contributed by atoms with E-state index in [4.69, 9.17) is 15.0 Å². The average Bonchev–Trinajstić information content (AvgIpc) is 2.96. The molecule has 0 fully saturated rings. The highest BCUT2D eigenvalue weighted by molar-refractivity contribution is 5.77. The first-order valence-electron chi connectivity index (χ1n) is 5.70. The van der Waals surface area contributed by atoms with Gasteiger partial charge in [-0.1, -0.05) is 11.2 Å². The molecule has 1 aromatic heterocycles. The molecule has 0 saturated heterocycles. The van der Waals surface area contributed by atoms with E-state index in [0.717, 1.165) is 36.1 Å². The van der Waals surface area contributed by atoms with E-state index >= 15 is 0 Å². The summed E-state index contributed by atoms with van der Waals surface area (Å²) in [6, 6.07) is 4.03. The molecule has 0 spiro atoms. The van der Waals surface area contributed by atoms with Gasteiger partial charge in [-0.25, -0.2) is 0 Å². The normalized spacial score (nSPS) is 13.7. The highest BCUT2D eigenvalue weighted by atomic mass is 16.5. The van der Waals surface area contributed by atoms with Crippen LogP contribution in [0.5, 0.6) is 5.75 Å². The second-order valence-electron chi connectivity index (χ2n) is 4.23. The molecule has 2 aromatic rings.